The van der Waals surface area contributed by atoms with Crippen molar-refractivity contribution in [1.82, 2.24) is 5.32 Å². The van der Waals surface area contributed by atoms with Gasteiger partial charge in [-0.05, 0) is 55.8 Å². The van der Waals surface area contributed by atoms with E-state index in [0.717, 1.165) is 22.7 Å². The first kappa shape index (κ1) is 17.0. The zero-order valence-corrected chi connectivity index (χ0v) is 14.4. The van der Waals surface area contributed by atoms with E-state index in [4.69, 9.17) is 14.2 Å². The molecule has 0 radical (unpaired) electrons. The maximum atomic E-state index is 12.3. The fourth-order valence-corrected chi connectivity index (χ4v) is 2.52. The number of rotatable bonds is 7. The van der Waals surface area contributed by atoms with Gasteiger partial charge in [-0.15, -0.1) is 0 Å². The fourth-order valence-electron chi connectivity index (χ4n) is 2.52. The van der Waals surface area contributed by atoms with E-state index in [1.165, 1.54) is 0 Å². The van der Waals surface area contributed by atoms with Crippen LogP contribution in [0.2, 0.25) is 0 Å². The molecular formula is C19H22N2O4. The van der Waals surface area contributed by atoms with Gasteiger partial charge < -0.3 is 24.8 Å². The Hall–Kier alpha value is -2.89. The quantitative estimate of drug-likeness (QED) is 0.810. The zero-order chi connectivity index (χ0) is 17.6. The first-order chi connectivity index (χ1) is 12.2. The monoisotopic (exact) mass is 342 g/mol. The molecule has 2 aromatic carbocycles. The third kappa shape index (κ3) is 4.35. The minimum Gasteiger partial charge on any atom is -0.494 e. The summed E-state index contributed by atoms with van der Waals surface area (Å²) in [7, 11) is 0. The van der Waals surface area contributed by atoms with Crippen molar-refractivity contribution in [3.05, 3.63) is 48.0 Å². The largest absolute Gasteiger partial charge is 0.494 e. The van der Waals surface area contributed by atoms with Gasteiger partial charge >= 0.3 is 0 Å². The van der Waals surface area contributed by atoms with Crippen LogP contribution in [0.5, 0.6) is 17.2 Å². The van der Waals surface area contributed by atoms with Gasteiger partial charge in [-0.1, -0.05) is 6.07 Å². The van der Waals surface area contributed by atoms with Crippen molar-refractivity contribution in [3.63, 3.8) is 0 Å². The van der Waals surface area contributed by atoms with Crippen molar-refractivity contribution in [2.24, 2.45) is 0 Å². The van der Waals surface area contributed by atoms with Crippen molar-refractivity contribution >= 4 is 11.6 Å². The molecule has 0 saturated heterocycles. The van der Waals surface area contributed by atoms with Gasteiger partial charge in [0.15, 0.2) is 11.5 Å². The van der Waals surface area contributed by atoms with Gasteiger partial charge in [-0.3, -0.25) is 4.79 Å². The van der Waals surface area contributed by atoms with Gasteiger partial charge in [-0.2, -0.15) is 0 Å². The molecule has 0 spiro atoms. The molecule has 1 amide bonds. The van der Waals surface area contributed by atoms with Crippen molar-refractivity contribution < 1.29 is 19.0 Å². The van der Waals surface area contributed by atoms with Crippen LogP contribution in [0, 0.1) is 0 Å². The number of carbonyl (C=O) groups excluding carboxylic acids is 1. The summed E-state index contributed by atoms with van der Waals surface area (Å²) >= 11 is 0. The molecule has 1 aliphatic heterocycles. The smallest absolute Gasteiger partial charge is 0.242 e. The number of amides is 1. The first-order valence-corrected chi connectivity index (χ1v) is 8.31. The predicted molar refractivity (Wildman–Crippen MR) is 95.1 cm³/mol. The standard InChI is InChI=1S/C19H22N2O4/c1-3-23-16-7-5-15(6-8-16)21-13(2)19(22)20-11-14-4-9-17-18(10-14)25-12-24-17/h4-10,13,21H,3,11-12H2,1-2H3,(H,20,22). The van der Waals surface area contributed by atoms with Crippen molar-refractivity contribution in [1.29, 1.82) is 0 Å². The molecule has 0 fully saturated rings. The zero-order valence-electron chi connectivity index (χ0n) is 14.4. The molecule has 6 nitrogen and oxygen atoms in total. The topological polar surface area (TPSA) is 68.8 Å². The maximum Gasteiger partial charge on any atom is 0.242 e. The minimum atomic E-state index is -0.355. The SMILES string of the molecule is CCOc1ccc(NC(C)C(=O)NCc2ccc3c(c2)OCO3)cc1. The van der Waals surface area contributed by atoms with Crippen molar-refractivity contribution in [3.8, 4) is 17.2 Å². The summed E-state index contributed by atoms with van der Waals surface area (Å²) in [6.07, 6.45) is 0. The molecule has 3 rings (SSSR count). The summed E-state index contributed by atoms with van der Waals surface area (Å²) in [6, 6.07) is 12.8. The van der Waals surface area contributed by atoms with Crippen molar-refractivity contribution in [2.75, 3.05) is 18.7 Å². The van der Waals surface area contributed by atoms with Gasteiger partial charge in [0.05, 0.1) is 6.61 Å². The Morgan fingerprint density at radius 2 is 1.92 bits per heavy atom. The van der Waals surface area contributed by atoms with Gasteiger partial charge in [0.1, 0.15) is 11.8 Å². The molecule has 1 unspecified atom stereocenters. The Kier molecular flexibility index (Phi) is 5.28. The highest BCUT2D eigenvalue weighted by molar-refractivity contribution is 5.84. The Labute approximate surface area is 147 Å². The lowest BCUT2D eigenvalue weighted by Crippen LogP contribution is -2.37. The number of anilines is 1. The molecule has 6 heteroatoms. The summed E-state index contributed by atoms with van der Waals surface area (Å²) in [5.74, 6) is 2.19. The van der Waals surface area contributed by atoms with Crippen LogP contribution in [0.3, 0.4) is 0 Å². The van der Waals surface area contributed by atoms with Crippen LogP contribution in [-0.4, -0.2) is 25.3 Å². The molecular weight excluding hydrogens is 320 g/mol. The predicted octanol–water partition coefficient (Wildman–Crippen LogP) is 2.93. The van der Waals surface area contributed by atoms with Crippen LogP contribution in [0.4, 0.5) is 5.69 Å². The van der Waals surface area contributed by atoms with Crippen LogP contribution in [-0.2, 0) is 11.3 Å². The van der Waals surface area contributed by atoms with E-state index in [-0.39, 0.29) is 18.7 Å². The normalized spacial score (nSPS) is 13.2. The number of ether oxygens (including phenoxy) is 3. The third-order valence-corrected chi connectivity index (χ3v) is 3.85. The minimum absolute atomic E-state index is 0.0773. The van der Waals surface area contributed by atoms with E-state index >= 15 is 0 Å². The Balaban J connectivity index is 1.50. The molecule has 132 valence electrons. The molecule has 0 aliphatic carbocycles. The Morgan fingerprint density at radius 3 is 2.68 bits per heavy atom. The first-order valence-electron chi connectivity index (χ1n) is 8.31. The van der Waals surface area contributed by atoms with E-state index in [1.807, 2.05) is 56.3 Å². The van der Waals surface area contributed by atoms with E-state index in [9.17, 15) is 4.79 Å². The second-order valence-electron chi connectivity index (χ2n) is 5.73. The molecule has 1 atom stereocenters. The van der Waals surface area contributed by atoms with Gasteiger partial charge in [0, 0.05) is 12.2 Å². The van der Waals surface area contributed by atoms with Gasteiger partial charge in [0.25, 0.3) is 0 Å². The van der Waals surface area contributed by atoms with Crippen molar-refractivity contribution in [2.45, 2.75) is 26.4 Å². The molecule has 0 saturated carbocycles. The summed E-state index contributed by atoms with van der Waals surface area (Å²) in [4.78, 5) is 12.3. The molecule has 0 bridgehead atoms. The highest BCUT2D eigenvalue weighted by atomic mass is 16.7. The number of hydrogen-bond donors (Lipinski definition) is 2. The lowest BCUT2D eigenvalue weighted by Gasteiger charge is -2.16. The number of benzene rings is 2. The lowest BCUT2D eigenvalue weighted by molar-refractivity contribution is -0.121. The number of hydrogen-bond acceptors (Lipinski definition) is 5. The van der Waals surface area contributed by atoms with Crippen LogP contribution in [0.1, 0.15) is 19.4 Å². The van der Waals surface area contributed by atoms with E-state index in [0.29, 0.717) is 18.9 Å². The summed E-state index contributed by atoms with van der Waals surface area (Å²) in [5.41, 5.74) is 1.83. The van der Waals surface area contributed by atoms with Gasteiger partial charge in [0.2, 0.25) is 12.7 Å². The Morgan fingerprint density at radius 1 is 1.16 bits per heavy atom. The van der Waals surface area contributed by atoms with Crippen LogP contribution in [0.25, 0.3) is 0 Å². The number of carbonyl (C=O) groups is 1. The highest BCUT2D eigenvalue weighted by Gasteiger charge is 2.15. The third-order valence-electron chi connectivity index (χ3n) is 3.85. The molecule has 2 N–H and O–H groups in total. The Bertz CT molecular complexity index is 731. The summed E-state index contributed by atoms with van der Waals surface area (Å²) < 4.78 is 16.0. The average molecular weight is 342 g/mol. The molecule has 0 aromatic heterocycles. The fraction of sp³-hybridized carbons (Fsp3) is 0.316. The lowest BCUT2D eigenvalue weighted by atomic mass is 10.2. The summed E-state index contributed by atoms with van der Waals surface area (Å²) in [5, 5.41) is 6.10. The van der Waals surface area contributed by atoms with Crippen LogP contribution >= 0.6 is 0 Å². The van der Waals surface area contributed by atoms with E-state index in [1.54, 1.807) is 0 Å². The second kappa shape index (κ2) is 7.79. The maximum absolute atomic E-state index is 12.3. The van der Waals surface area contributed by atoms with Crippen LogP contribution < -0.4 is 24.8 Å². The average Bonchev–Trinajstić information content (AvgIpc) is 3.09. The second-order valence-corrected chi connectivity index (χ2v) is 5.73. The molecule has 25 heavy (non-hydrogen) atoms. The van der Waals surface area contributed by atoms with E-state index in [2.05, 4.69) is 10.6 Å². The van der Waals surface area contributed by atoms with Crippen LogP contribution in [0.15, 0.2) is 42.5 Å². The summed E-state index contributed by atoms with van der Waals surface area (Å²) in [6.45, 7) is 5.08. The van der Waals surface area contributed by atoms with E-state index < -0.39 is 0 Å². The molecule has 1 aliphatic rings. The highest BCUT2D eigenvalue weighted by Crippen LogP contribution is 2.32. The van der Waals surface area contributed by atoms with Gasteiger partial charge in [-0.25, -0.2) is 0 Å². The molecule has 2 aromatic rings. The molecule has 1 heterocycles. The number of nitrogens with one attached hydrogen (secondary N) is 2. The number of fused-ring (bicyclic) bond motifs is 1.